The molecular weight excluding hydrogens is 342 g/mol. The Kier molecular flexibility index (Phi) is 4.12. The Labute approximate surface area is 148 Å². The molecule has 1 aromatic carbocycles. The van der Waals surface area contributed by atoms with Crippen LogP contribution in [0.25, 0.3) is 0 Å². The number of ether oxygens (including phenoxy) is 2. The van der Waals surface area contributed by atoms with Gasteiger partial charge >= 0.3 is 0 Å². The molecule has 0 radical (unpaired) electrons. The molecule has 130 valence electrons. The maximum atomic E-state index is 12.6. The summed E-state index contributed by atoms with van der Waals surface area (Å²) in [6.07, 6.45) is 1.58. The normalized spacial score (nSPS) is 18.4. The fourth-order valence-electron chi connectivity index (χ4n) is 2.83. The number of hydrogen-bond acceptors (Lipinski definition) is 6. The second-order valence-electron chi connectivity index (χ2n) is 6.00. The highest BCUT2D eigenvalue weighted by Crippen LogP contribution is 2.33. The number of nitrogens with zero attached hydrogens (tertiary/aromatic N) is 2. The average Bonchev–Trinajstić information content (AvgIpc) is 2.64. The molecule has 2 aliphatic rings. The Morgan fingerprint density at radius 2 is 2.12 bits per heavy atom. The summed E-state index contributed by atoms with van der Waals surface area (Å²) in [7, 11) is 0. The first-order valence-electron chi connectivity index (χ1n) is 8.01. The highest BCUT2D eigenvalue weighted by atomic mass is 32.2. The molecule has 0 fully saturated rings. The zero-order valence-electron chi connectivity index (χ0n) is 13.7. The van der Waals surface area contributed by atoms with E-state index in [2.05, 4.69) is 10.3 Å². The first-order valence-corrected chi connectivity index (χ1v) is 9.00. The van der Waals surface area contributed by atoms with Gasteiger partial charge in [0.1, 0.15) is 13.2 Å². The maximum absolute atomic E-state index is 12.6. The largest absolute Gasteiger partial charge is 0.486 e. The van der Waals surface area contributed by atoms with Crippen LogP contribution in [0.4, 0.5) is 5.69 Å². The molecule has 2 aromatic rings. The molecule has 25 heavy (non-hydrogen) atoms. The number of rotatable bonds is 2. The second-order valence-corrected chi connectivity index (χ2v) is 6.98. The molecule has 0 bridgehead atoms. The Morgan fingerprint density at radius 1 is 1.32 bits per heavy atom. The third-order valence-electron chi connectivity index (χ3n) is 4.18. The second kappa shape index (κ2) is 6.44. The van der Waals surface area contributed by atoms with E-state index in [4.69, 9.17) is 9.47 Å². The lowest BCUT2D eigenvalue weighted by Crippen LogP contribution is -2.37. The van der Waals surface area contributed by atoms with E-state index >= 15 is 0 Å². The van der Waals surface area contributed by atoms with Crippen LogP contribution in [0.1, 0.15) is 5.56 Å². The molecule has 7 nitrogen and oxygen atoms in total. The minimum atomic E-state index is -0.299. The summed E-state index contributed by atoms with van der Waals surface area (Å²) < 4.78 is 12.6. The number of aryl methyl sites for hydroxylation is 1. The summed E-state index contributed by atoms with van der Waals surface area (Å²) in [5.41, 5.74) is 1.14. The third-order valence-corrected chi connectivity index (χ3v) is 5.33. The summed E-state index contributed by atoms with van der Waals surface area (Å²) in [6, 6.07) is 5.33. The Balaban J connectivity index is 1.50. The molecule has 1 amide bonds. The van der Waals surface area contributed by atoms with E-state index in [0.29, 0.717) is 53.4 Å². The summed E-state index contributed by atoms with van der Waals surface area (Å²) in [5, 5.41) is 3.57. The molecule has 1 unspecified atom stereocenters. The number of thioether (sulfide) groups is 1. The highest BCUT2D eigenvalue weighted by molar-refractivity contribution is 7.99. The van der Waals surface area contributed by atoms with Crippen LogP contribution in [-0.4, -0.2) is 34.4 Å². The number of hydrogen-bond donors (Lipinski definition) is 1. The zero-order chi connectivity index (χ0) is 17.4. The molecule has 1 atom stereocenters. The van der Waals surface area contributed by atoms with E-state index in [0.717, 1.165) is 0 Å². The Hall–Kier alpha value is -2.48. The van der Waals surface area contributed by atoms with Crippen molar-refractivity contribution in [3.05, 3.63) is 40.3 Å². The van der Waals surface area contributed by atoms with Crippen LogP contribution in [0.3, 0.4) is 0 Å². The third kappa shape index (κ3) is 3.09. The number of nitrogens with one attached hydrogen (secondary N) is 1. The van der Waals surface area contributed by atoms with Gasteiger partial charge in [-0.2, -0.15) is 0 Å². The molecule has 8 heteroatoms. The van der Waals surface area contributed by atoms with Crippen molar-refractivity contribution in [2.45, 2.75) is 18.6 Å². The fourth-order valence-corrected chi connectivity index (χ4v) is 3.87. The van der Waals surface area contributed by atoms with E-state index in [9.17, 15) is 9.59 Å². The number of carbonyl (C=O) groups excluding carboxylic acids is 1. The van der Waals surface area contributed by atoms with Crippen molar-refractivity contribution in [2.24, 2.45) is 5.92 Å². The Bertz CT molecular complexity index is 896. The van der Waals surface area contributed by atoms with Crippen LogP contribution < -0.4 is 20.3 Å². The van der Waals surface area contributed by atoms with E-state index < -0.39 is 0 Å². The number of amides is 1. The van der Waals surface area contributed by atoms with Gasteiger partial charge in [0.15, 0.2) is 16.7 Å². The van der Waals surface area contributed by atoms with E-state index in [1.54, 1.807) is 35.9 Å². The van der Waals surface area contributed by atoms with Crippen LogP contribution in [0, 0.1) is 12.8 Å². The molecule has 0 aliphatic carbocycles. The molecule has 0 spiro atoms. The van der Waals surface area contributed by atoms with Crippen molar-refractivity contribution in [1.82, 2.24) is 9.55 Å². The van der Waals surface area contributed by atoms with Crippen molar-refractivity contribution in [3.8, 4) is 11.5 Å². The van der Waals surface area contributed by atoms with Gasteiger partial charge in [0, 0.05) is 35.8 Å². The predicted octanol–water partition coefficient (Wildman–Crippen LogP) is 1.68. The van der Waals surface area contributed by atoms with Crippen molar-refractivity contribution in [1.29, 1.82) is 0 Å². The quantitative estimate of drug-likeness (QED) is 0.822. The zero-order valence-corrected chi connectivity index (χ0v) is 14.5. The summed E-state index contributed by atoms with van der Waals surface area (Å²) in [4.78, 5) is 29.1. The summed E-state index contributed by atoms with van der Waals surface area (Å²) in [6.45, 7) is 3.09. The first-order chi connectivity index (χ1) is 12.1. The number of aromatic nitrogens is 2. The van der Waals surface area contributed by atoms with Crippen LogP contribution in [0.5, 0.6) is 11.5 Å². The molecule has 4 rings (SSSR count). The number of carbonyl (C=O) groups is 1. The summed E-state index contributed by atoms with van der Waals surface area (Å²) >= 11 is 1.43. The van der Waals surface area contributed by atoms with Gasteiger partial charge in [0.25, 0.3) is 5.56 Å². The predicted molar refractivity (Wildman–Crippen MR) is 93.5 cm³/mol. The van der Waals surface area contributed by atoms with Crippen LogP contribution in [0.2, 0.25) is 0 Å². The van der Waals surface area contributed by atoms with Crippen LogP contribution >= 0.6 is 11.8 Å². The number of benzene rings is 1. The molecule has 0 saturated carbocycles. The lowest BCUT2D eigenvalue weighted by atomic mass is 10.1. The van der Waals surface area contributed by atoms with Gasteiger partial charge in [-0.05, 0) is 19.1 Å². The maximum Gasteiger partial charge on any atom is 0.257 e. The van der Waals surface area contributed by atoms with Gasteiger partial charge in [-0.15, -0.1) is 0 Å². The van der Waals surface area contributed by atoms with Crippen molar-refractivity contribution in [2.75, 3.05) is 24.3 Å². The first kappa shape index (κ1) is 16.0. The van der Waals surface area contributed by atoms with Crippen molar-refractivity contribution in [3.63, 3.8) is 0 Å². The van der Waals surface area contributed by atoms with Crippen LogP contribution in [0.15, 0.2) is 34.3 Å². The molecule has 0 saturated heterocycles. The molecule has 3 heterocycles. The van der Waals surface area contributed by atoms with Crippen molar-refractivity contribution < 1.29 is 14.3 Å². The smallest absolute Gasteiger partial charge is 0.257 e. The van der Waals surface area contributed by atoms with Gasteiger partial charge in [-0.3, -0.25) is 14.2 Å². The number of anilines is 1. The average molecular weight is 359 g/mol. The molecule has 1 N–H and O–H groups in total. The number of fused-ring (bicyclic) bond motifs is 2. The van der Waals surface area contributed by atoms with Gasteiger partial charge in [-0.25, -0.2) is 4.98 Å². The SMILES string of the molecule is Cc1cnc2n(c1=O)CC(C(=O)Nc1ccc3c(c1)OCCO3)CS2. The van der Waals surface area contributed by atoms with E-state index in [1.165, 1.54) is 11.8 Å². The minimum absolute atomic E-state index is 0.0886. The van der Waals surface area contributed by atoms with E-state index in [1.807, 2.05) is 0 Å². The Morgan fingerprint density at radius 3 is 2.96 bits per heavy atom. The fraction of sp³-hybridized carbons (Fsp3) is 0.353. The summed E-state index contributed by atoms with van der Waals surface area (Å²) in [5.74, 6) is 1.48. The molecule has 2 aliphatic heterocycles. The van der Waals surface area contributed by atoms with Gasteiger partial charge in [0.05, 0.1) is 5.92 Å². The topological polar surface area (TPSA) is 82.5 Å². The van der Waals surface area contributed by atoms with Crippen molar-refractivity contribution >= 4 is 23.4 Å². The lowest BCUT2D eigenvalue weighted by molar-refractivity contribution is -0.119. The van der Waals surface area contributed by atoms with Crippen LogP contribution in [-0.2, 0) is 11.3 Å². The van der Waals surface area contributed by atoms with E-state index in [-0.39, 0.29) is 17.4 Å². The highest BCUT2D eigenvalue weighted by Gasteiger charge is 2.27. The monoisotopic (exact) mass is 359 g/mol. The molecular formula is C17H17N3O4S. The minimum Gasteiger partial charge on any atom is -0.486 e. The van der Waals surface area contributed by atoms with Gasteiger partial charge in [0.2, 0.25) is 5.91 Å². The molecule has 1 aromatic heterocycles. The van der Waals surface area contributed by atoms with Gasteiger partial charge in [-0.1, -0.05) is 11.8 Å². The standard InChI is InChI=1S/C17H17N3O4S/c1-10-7-18-17-20(16(10)22)8-11(9-25-17)15(21)19-12-2-3-13-14(6-12)24-5-4-23-13/h2-3,6-7,11H,4-5,8-9H2,1H3,(H,19,21). The van der Waals surface area contributed by atoms with Gasteiger partial charge < -0.3 is 14.8 Å². The lowest BCUT2D eigenvalue weighted by Gasteiger charge is -2.24.